The fourth-order valence-electron chi connectivity index (χ4n) is 6.60. The van der Waals surface area contributed by atoms with Gasteiger partial charge in [-0.2, -0.15) is 11.8 Å². The van der Waals surface area contributed by atoms with Crippen molar-refractivity contribution in [1.82, 2.24) is 29.4 Å². The van der Waals surface area contributed by atoms with Crippen LogP contribution in [0.4, 0.5) is 0 Å². The van der Waals surface area contributed by atoms with Gasteiger partial charge < -0.3 is 29.2 Å². The van der Waals surface area contributed by atoms with Crippen LogP contribution in [-0.4, -0.2) is 172 Å². The summed E-state index contributed by atoms with van der Waals surface area (Å²) in [5.74, 6) is 3.57. The molecule has 6 aliphatic rings. The number of thioether (sulfide) groups is 1. The van der Waals surface area contributed by atoms with Crippen molar-refractivity contribution in [2.75, 3.05) is 113 Å². The molecule has 8 heteroatoms. The predicted molar refractivity (Wildman–Crippen MR) is 211 cm³/mol. The molecule has 0 bridgehead atoms. The lowest BCUT2D eigenvalue weighted by molar-refractivity contribution is 0.0131. The van der Waals surface area contributed by atoms with Gasteiger partial charge in [-0.3, -0.25) is 4.90 Å². The van der Waals surface area contributed by atoms with Crippen LogP contribution >= 0.6 is 11.8 Å². The summed E-state index contributed by atoms with van der Waals surface area (Å²) in [5, 5.41) is 0. The molecule has 0 aromatic carbocycles. The van der Waals surface area contributed by atoms with Gasteiger partial charge in [0.25, 0.3) is 0 Å². The van der Waals surface area contributed by atoms with E-state index in [2.05, 4.69) is 125 Å². The minimum Gasteiger partial charge on any atom is -0.379 e. The Balaban J connectivity index is 0.000000282. The van der Waals surface area contributed by atoms with Crippen molar-refractivity contribution in [3.8, 4) is 0 Å². The highest BCUT2D eigenvalue weighted by molar-refractivity contribution is 7.99. The van der Waals surface area contributed by atoms with Gasteiger partial charge in [-0.05, 0) is 160 Å². The second-order valence-electron chi connectivity index (χ2n) is 15.9. The number of piperidine rings is 3. The lowest BCUT2D eigenvalue weighted by atomic mass is 10.0. The first-order valence-corrected chi connectivity index (χ1v) is 20.8. The molecule has 282 valence electrons. The zero-order chi connectivity index (χ0) is 35.2. The van der Waals surface area contributed by atoms with Gasteiger partial charge in [-0.15, -0.1) is 0 Å². The standard InChI is InChI=1S/3C7H15N.C6H13NO.C6H13NS.C6H13N/c1-7-4-3-5-8(2)6-7;2*1-7-5-3-4-6-8(7)2;2*1-6-5-8-4-3-7(6)2;1-6-4-3-5-7(6)2/h3*7H,3-6H2,1-2H3;2*6H,3-5H2,1-2H3;6H,3-5H2,1-2H3. The summed E-state index contributed by atoms with van der Waals surface area (Å²) in [6.45, 7) is 24.4. The molecule has 6 rings (SSSR count). The second kappa shape index (κ2) is 26.8. The molecule has 7 nitrogen and oxygen atoms in total. The maximum Gasteiger partial charge on any atom is 0.0619 e. The van der Waals surface area contributed by atoms with Gasteiger partial charge in [0.2, 0.25) is 0 Å². The van der Waals surface area contributed by atoms with E-state index in [4.69, 9.17) is 4.74 Å². The van der Waals surface area contributed by atoms with E-state index in [-0.39, 0.29) is 0 Å². The second-order valence-corrected chi connectivity index (χ2v) is 17.1. The van der Waals surface area contributed by atoms with Crippen LogP contribution < -0.4 is 0 Å². The highest BCUT2D eigenvalue weighted by Gasteiger charge is 2.16. The van der Waals surface area contributed by atoms with E-state index >= 15 is 0 Å². The van der Waals surface area contributed by atoms with Crippen LogP contribution in [-0.2, 0) is 4.74 Å². The Kier molecular flexibility index (Phi) is 25.7. The lowest BCUT2D eigenvalue weighted by Crippen LogP contribution is -2.40. The van der Waals surface area contributed by atoms with Crippen LogP contribution in [0.2, 0.25) is 0 Å². The van der Waals surface area contributed by atoms with E-state index in [0.29, 0.717) is 6.04 Å². The third-order valence-electron chi connectivity index (χ3n) is 11.4. The van der Waals surface area contributed by atoms with Crippen LogP contribution in [0.1, 0.15) is 106 Å². The van der Waals surface area contributed by atoms with Gasteiger partial charge in [0.1, 0.15) is 0 Å². The fraction of sp³-hybridized carbons (Fsp3) is 1.00. The van der Waals surface area contributed by atoms with E-state index < -0.39 is 0 Å². The van der Waals surface area contributed by atoms with Gasteiger partial charge in [0, 0.05) is 61.3 Å². The molecule has 6 saturated heterocycles. The molecule has 6 atom stereocenters. The average Bonchev–Trinajstić information content (AvgIpc) is 3.42. The number of nitrogens with zero attached hydrogens (tertiary/aromatic N) is 6. The largest absolute Gasteiger partial charge is 0.379 e. The molecular weight excluding hydrogens is 601 g/mol. The smallest absolute Gasteiger partial charge is 0.0619 e. The van der Waals surface area contributed by atoms with Crippen LogP contribution in [0.5, 0.6) is 0 Å². The molecule has 0 spiro atoms. The van der Waals surface area contributed by atoms with Crippen LogP contribution in [0.3, 0.4) is 0 Å². The lowest BCUT2D eigenvalue weighted by Gasteiger charge is -2.29. The predicted octanol–water partition coefficient (Wildman–Crippen LogP) is 6.82. The Morgan fingerprint density at radius 3 is 1.21 bits per heavy atom. The number of hydrogen-bond donors (Lipinski definition) is 0. The zero-order valence-corrected chi connectivity index (χ0v) is 34.6. The van der Waals surface area contributed by atoms with Crippen molar-refractivity contribution in [3.63, 3.8) is 0 Å². The van der Waals surface area contributed by atoms with Gasteiger partial charge in [0.05, 0.1) is 13.2 Å². The number of ether oxygens (including phenoxy) is 1. The molecule has 0 aliphatic carbocycles. The minimum atomic E-state index is 0.615. The fourth-order valence-corrected chi connectivity index (χ4v) is 7.78. The summed E-state index contributed by atoms with van der Waals surface area (Å²) < 4.78 is 5.21. The highest BCUT2D eigenvalue weighted by Crippen LogP contribution is 2.15. The van der Waals surface area contributed by atoms with Gasteiger partial charge in [0.15, 0.2) is 0 Å². The molecule has 0 N–H and O–H groups in total. The van der Waals surface area contributed by atoms with Crippen molar-refractivity contribution in [3.05, 3.63) is 0 Å². The van der Waals surface area contributed by atoms with E-state index in [1.807, 2.05) is 0 Å². The Hall–Kier alpha value is 0.0700. The van der Waals surface area contributed by atoms with Gasteiger partial charge >= 0.3 is 0 Å². The molecule has 0 aromatic heterocycles. The van der Waals surface area contributed by atoms with E-state index in [1.165, 1.54) is 115 Å². The van der Waals surface area contributed by atoms with Crippen LogP contribution in [0.25, 0.3) is 0 Å². The summed E-state index contributed by atoms with van der Waals surface area (Å²) >= 11 is 2.07. The van der Waals surface area contributed by atoms with Crippen LogP contribution in [0.15, 0.2) is 0 Å². The number of hydrogen-bond acceptors (Lipinski definition) is 8. The van der Waals surface area contributed by atoms with Crippen molar-refractivity contribution in [2.24, 2.45) is 5.92 Å². The maximum atomic E-state index is 5.21. The highest BCUT2D eigenvalue weighted by atomic mass is 32.2. The first-order valence-electron chi connectivity index (χ1n) is 19.7. The molecule has 0 saturated carbocycles. The monoisotopic (exact) mass is 685 g/mol. The Morgan fingerprint density at radius 1 is 0.468 bits per heavy atom. The van der Waals surface area contributed by atoms with Gasteiger partial charge in [-0.25, -0.2) is 0 Å². The molecule has 6 fully saturated rings. The normalized spacial score (nSPS) is 33.2. The number of likely N-dealkylation sites (N-methyl/N-ethyl adjacent to an activating group) is 1. The molecule has 47 heavy (non-hydrogen) atoms. The third-order valence-corrected chi connectivity index (χ3v) is 12.6. The Labute approximate surface area is 299 Å². The summed E-state index contributed by atoms with van der Waals surface area (Å²) in [6, 6.07) is 3.94. The van der Waals surface area contributed by atoms with Crippen molar-refractivity contribution in [2.45, 2.75) is 136 Å². The molecule has 0 radical (unpaired) electrons. The third kappa shape index (κ3) is 21.8. The summed E-state index contributed by atoms with van der Waals surface area (Å²) in [5.41, 5.74) is 0. The van der Waals surface area contributed by atoms with E-state index in [0.717, 1.165) is 49.8 Å². The van der Waals surface area contributed by atoms with Crippen molar-refractivity contribution >= 4 is 11.8 Å². The topological polar surface area (TPSA) is 28.7 Å². The average molecular weight is 685 g/mol. The minimum absolute atomic E-state index is 0.615. The SMILES string of the molecule is CC1CCCCN1C.CC1CCCCN1C.CC1CCCN(C)C1.CC1CCCN1C.CC1COCCN1C.CC1CSCCN1C. The Bertz CT molecular complexity index is 598. The number of morpholine rings is 1. The van der Waals surface area contributed by atoms with Crippen LogP contribution in [0, 0.1) is 5.92 Å². The van der Waals surface area contributed by atoms with E-state index in [9.17, 15) is 0 Å². The van der Waals surface area contributed by atoms with E-state index in [1.54, 1.807) is 0 Å². The molecule has 6 heterocycles. The maximum absolute atomic E-state index is 5.21. The van der Waals surface area contributed by atoms with Gasteiger partial charge in [-0.1, -0.05) is 19.8 Å². The first kappa shape index (κ1) is 45.1. The summed E-state index contributed by atoms with van der Waals surface area (Å²) in [4.78, 5) is 14.4. The number of rotatable bonds is 0. The zero-order valence-electron chi connectivity index (χ0n) is 33.8. The summed E-state index contributed by atoms with van der Waals surface area (Å²) in [6.07, 6.45) is 14.1. The molecular formula is C39H84N6OS. The first-order chi connectivity index (χ1) is 22.3. The summed E-state index contributed by atoms with van der Waals surface area (Å²) in [7, 11) is 13.2. The number of likely N-dealkylation sites (tertiary alicyclic amines) is 4. The quantitative estimate of drug-likeness (QED) is 0.275. The molecule has 0 amide bonds. The van der Waals surface area contributed by atoms with Crippen molar-refractivity contribution < 1.29 is 4.74 Å². The molecule has 6 unspecified atom stereocenters. The Morgan fingerprint density at radius 2 is 0.936 bits per heavy atom. The molecule has 6 aliphatic heterocycles. The molecule has 0 aromatic rings. The van der Waals surface area contributed by atoms with Crippen molar-refractivity contribution in [1.29, 1.82) is 0 Å².